The molecule has 0 saturated heterocycles. The van der Waals surface area contributed by atoms with Crippen LogP contribution in [0.2, 0.25) is 0 Å². The summed E-state index contributed by atoms with van der Waals surface area (Å²) in [5, 5.41) is 9.26. The number of hydrogen-bond donors (Lipinski definition) is 1. The summed E-state index contributed by atoms with van der Waals surface area (Å²) in [6.07, 6.45) is 0. The van der Waals surface area contributed by atoms with Crippen LogP contribution in [0.25, 0.3) is 0 Å². The molecule has 0 saturated carbocycles. The van der Waals surface area contributed by atoms with E-state index in [0.29, 0.717) is 0 Å². The molecule has 0 bridgehead atoms. The zero-order chi connectivity index (χ0) is 10.8. The number of rotatable bonds is 0. The van der Waals surface area contributed by atoms with Crippen molar-refractivity contribution in [3.63, 3.8) is 0 Å². The molecule has 74 valence electrons. The molecule has 3 heteroatoms. The zero-order valence-electron chi connectivity index (χ0n) is 7.94. The van der Waals surface area contributed by atoms with E-state index in [-0.39, 0.29) is 5.56 Å². The molecule has 0 aliphatic rings. The van der Waals surface area contributed by atoms with Gasteiger partial charge in [-0.3, -0.25) is 0 Å². The first-order valence-electron chi connectivity index (χ1n) is 4.08. The van der Waals surface area contributed by atoms with Gasteiger partial charge in [-0.05, 0) is 26.0 Å². The summed E-state index contributed by atoms with van der Waals surface area (Å²) in [6.45, 7) is 2.99. The Morgan fingerprint density at radius 1 is 1.14 bits per heavy atom. The summed E-state index contributed by atoms with van der Waals surface area (Å²) in [5.41, 5.74) is -0.951. The van der Waals surface area contributed by atoms with Crippen molar-refractivity contribution in [3.05, 3.63) is 35.4 Å². The maximum Gasteiger partial charge on any atom is 0.127 e. The lowest BCUT2D eigenvalue weighted by Gasteiger charge is -2.05. The molecule has 1 rings (SSSR count). The first-order chi connectivity index (χ1) is 6.37. The van der Waals surface area contributed by atoms with Crippen molar-refractivity contribution in [3.8, 4) is 11.8 Å². The van der Waals surface area contributed by atoms with E-state index >= 15 is 0 Å². The number of hydrogen-bond acceptors (Lipinski definition) is 1. The van der Waals surface area contributed by atoms with Crippen molar-refractivity contribution >= 4 is 0 Å². The average molecular weight is 196 g/mol. The van der Waals surface area contributed by atoms with Gasteiger partial charge in [0.05, 0.1) is 0 Å². The van der Waals surface area contributed by atoms with Crippen LogP contribution in [0.1, 0.15) is 19.4 Å². The SMILES string of the molecule is CC(C)(O)C#Cc1cc(F)cc(F)c1. The third kappa shape index (κ3) is 3.55. The van der Waals surface area contributed by atoms with Crippen LogP contribution in [0, 0.1) is 23.5 Å². The second-order valence-corrected chi connectivity index (χ2v) is 3.47. The van der Waals surface area contributed by atoms with Gasteiger partial charge < -0.3 is 5.11 Å². The highest BCUT2D eigenvalue weighted by Gasteiger charge is 2.06. The molecule has 0 fully saturated rings. The molecule has 1 aromatic rings. The summed E-state index contributed by atoms with van der Waals surface area (Å²) in [5.74, 6) is 3.60. The lowest BCUT2D eigenvalue weighted by molar-refractivity contribution is 0.143. The predicted octanol–water partition coefficient (Wildman–Crippen LogP) is 2.09. The van der Waals surface area contributed by atoms with E-state index in [2.05, 4.69) is 11.8 Å². The van der Waals surface area contributed by atoms with Gasteiger partial charge in [0.1, 0.15) is 17.2 Å². The van der Waals surface area contributed by atoms with Gasteiger partial charge in [0.25, 0.3) is 0 Å². The van der Waals surface area contributed by atoms with Crippen LogP contribution in [0.5, 0.6) is 0 Å². The van der Waals surface area contributed by atoms with Crippen LogP contribution in [0.3, 0.4) is 0 Å². The average Bonchev–Trinajstić information content (AvgIpc) is 1.97. The minimum absolute atomic E-state index is 0.213. The Bertz CT molecular complexity index is 374. The van der Waals surface area contributed by atoms with Crippen molar-refractivity contribution < 1.29 is 13.9 Å². The van der Waals surface area contributed by atoms with Crippen molar-refractivity contribution in [2.24, 2.45) is 0 Å². The lowest BCUT2D eigenvalue weighted by Crippen LogP contribution is -2.14. The standard InChI is InChI=1S/C11H10F2O/c1-11(2,14)4-3-8-5-9(12)7-10(13)6-8/h5-7,14H,1-2H3. The summed E-state index contributed by atoms with van der Waals surface area (Å²) in [4.78, 5) is 0. The van der Waals surface area contributed by atoms with E-state index in [1.807, 2.05) is 0 Å². The number of aliphatic hydroxyl groups is 1. The van der Waals surface area contributed by atoms with Gasteiger partial charge in [-0.2, -0.15) is 0 Å². The van der Waals surface area contributed by atoms with Crippen LogP contribution in [0.4, 0.5) is 8.78 Å². The fourth-order valence-electron chi connectivity index (χ4n) is 0.851. The molecule has 1 nitrogen and oxygen atoms in total. The maximum atomic E-state index is 12.7. The Hall–Kier alpha value is -1.40. The number of halogens is 2. The zero-order valence-corrected chi connectivity index (χ0v) is 7.94. The van der Waals surface area contributed by atoms with Gasteiger partial charge in [-0.15, -0.1) is 0 Å². The highest BCUT2D eigenvalue weighted by atomic mass is 19.1. The van der Waals surface area contributed by atoms with E-state index < -0.39 is 17.2 Å². The van der Waals surface area contributed by atoms with Gasteiger partial charge >= 0.3 is 0 Å². The quantitative estimate of drug-likeness (QED) is 0.630. The smallest absolute Gasteiger partial charge is 0.127 e. The van der Waals surface area contributed by atoms with Crippen LogP contribution in [-0.2, 0) is 0 Å². The van der Waals surface area contributed by atoms with E-state index in [1.54, 1.807) is 0 Å². The molecule has 0 amide bonds. The third-order valence-electron chi connectivity index (χ3n) is 1.38. The van der Waals surface area contributed by atoms with Crippen molar-refractivity contribution in [1.82, 2.24) is 0 Å². The predicted molar refractivity (Wildman–Crippen MR) is 49.5 cm³/mol. The third-order valence-corrected chi connectivity index (χ3v) is 1.38. The molecule has 0 aliphatic heterocycles. The molecular formula is C11H10F2O. The monoisotopic (exact) mass is 196 g/mol. The van der Waals surface area contributed by atoms with Crippen LogP contribution >= 0.6 is 0 Å². The largest absolute Gasteiger partial charge is 0.378 e. The van der Waals surface area contributed by atoms with E-state index in [9.17, 15) is 13.9 Å². The van der Waals surface area contributed by atoms with Crippen LogP contribution in [-0.4, -0.2) is 10.7 Å². The van der Waals surface area contributed by atoms with Gasteiger partial charge in [0.15, 0.2) is 0 Å². The molecular weight excluding hydrogens is 186 g/mol. The first kappa shape index (κ1) is 10.7. The molecule has 0 aromatic heterocycles. The first-order valence-corrected chi connectivity index (χ1v) is 4.08. The summed E-state index contributed by atoms with van der Waals surface area (Å²) < 4.78 is 25.4. The molecule has 1 N–H and O–H groups in total. The normalized spacial score (nSPS) is 10.6. The molecule has 0 heterocycles. The fourth-order valence-corrected chi connectivity index (χ4v) is 0.851. The van der Waals surface area contributed by atoms with E-state index in [1.165, 1.54) is 13.8 Å². The van der Waals surface area contributed by atoms with Gasteiger partial charge in [0, 0.05) is 11.6 Å². The minimum atomic E-state index is -1.16. The molecule has 0 unspecified atom stereocenters. The lowest BCUT2D eigenvalue weighted by atomic mass is 10.1. The van der Waals surface area contributed by atoms with E-state index in [4.69, 9.17) is 0 Å². The topological polar surface area (TPSA) is 20.2 Å². The Labute approximate surface area is 81.4 Å². The van der Waals surface area contributed by atoms with Gasteiger partial charge in [-0.25, -0.2) is 8.78 Å². The number of benzene rings is 1. The second-order valence-electron chi connectivity index (χ2n) is 3.47. The highest BCUT2D eigenvalue weighted by Crippen LogP contribution is 2.07. The van der Waals surface area contributed by atoms with E-state index in [0.717, 1.165) is 18.2 Å². The van der Waals surface area contributed by atoms with Gasteiger partial charge in [0.2, 0.25) is 0 Å². The molecule has 0 aliphatic carbocycles. The molecule has 0 spiro atoms. The summed E-state index contributed by atoms with van der Waals surface area (Å²) in [6, 6.07) is 3.00. The highest BCUT2D eigenvalue weighted by molar-refractivity contribution is 5.36. The Kier molecular flexibility index (Phi) is 2.87. The molecule has 0 radical (unpaired) electrons. The molecule has 14 heavy (non-hydrogen) atoms. The summed E-state index contributed by atoms with van der Waals surface area (Å²) >= 11 is 0. The Balaban J connectivity index is 3.02. The minimum Gasteiger partial charge on any atom is -0.378 e. The summed E-state index contributed by atoms with van der Waals surface area (Å²) in [7, 11) is 0. The maximum absolute atomic E-state index is 12.7. The van der Waals surface area contributed by atoms with Crippen molar-refractivity contribution in [2.75, 3.05) is 0 Å². The fraction of sp³-hybridized carbons (Fsp3) is 0.273. The van der Waals surface area contributed by atoms with Crippen molar-refractivity contribution in [2.45, 2.75) is 19.4 Å². The van der Waals surface area contributed by atoms with Gasteiger partial charge in [-0.1, -0.05) is 11.8 Å². The van der Waals surface area contributed by atoms with Crippen LogP contribution in [0.15, 0.2) is 18.2 Å². The Morgan fingerprint density at radius 3 is 2.07 bits per heavy atom. The molecule has 0 atom stereocenters. The second kappa shape index (κ2) is 3.77. The van der Waals surface area contributed by atoms with Crippen LogP contribution < -0.4 is 0 Å². The van der Waals surface area contributed by atoms with Crippen molar-refractivity contribution in [1.29, 1.82) is 0 Å². The molecule has 1 aromatic carbocycles. The Morgan fingerprint density at radius 2 is 1.64 bits per heavy atom.